The molecule has 1 saturated heterocycles. The fraction of sp³-hybridized carbons (Fsp3) is 0.550. The van der Waals surface area contributed by atoms with E-state index >= 15 is 0 Å². The van der Waals surface area contributed by atoms with Gasteiger partial charge in [-0.25, -0.2) is 4.79 Å². The Morgan fingerprint density at radius 3 is 2.23 bits per heavy atom. The predicted molar refractivity (Wildman–Crippen MR) is 97.7 cm³/mol. The molecular formula is C20H26N2O4. The highest BCUT2D eigenvalue weighted by atomic mass is 16.6. The highest BCUT2D eigenvalue weighted by Crippen LogP contribution is 2.29. The van der Waals surface area contributed by atoms with Crippen LogP contribution in [0.2, 0.25) is 0 Å². The highest BCUT2D eigenvalue weighted by molar-refractivity contribution is 5.90. The summed E-state index contributed by atoms with van der Waals surface area (Å²) in [5.74, 6) is -1.47. The summed E-state index contributed by atoms with van der Waals surface area (Å²) >= 11 is 0. The van der Waals surface area contributed by atoms with E-state index in [9.17, 15) is 14.9 Å². The van der Waals surface area contributed by atoms with Gasteiger partial charge < -0.3 is 14.4 Å². The topological polar surface area (TPSA) is 79.6 Å². The summed E-state index contributed by atoms with van der Waals surface area (Å²) in [5.41, 5.74) is 1.02. The van der Waals surface area contributed by atoms with E-state index in [0.717, 1.165) is 31.6 Å². The Morgan fingerprint density at radius 2 is 1.77 bits per heavy atom. The standard InChI is InChI=1S/C20H26N2O4/c1-20(2,3)26-18(23)15-5-7-16(8-6-15)22-11-9-14(10-12-22)17(13-21)19(24)25-4/h5-8,14,17H,9-12H2,1-4H3. The second-order valence-corrected chi connectivity index (χ2v) is 7.50. The maximum absolute atomic E-state index is 12.1. The summed E-state index contributed by atoms with van der Waals surface area (Å²) < 4.78 is 10.1. The van der Waals surface area contributed by atoms with E-state index in [0.29, 0.717) is 5.56 Å². The van der Waals surface area contributed by atoms with Crippen molar-refractivity contribution in [1.29, 1.82) is 5.26 Å². The number of carbonyl (C=O) groups is 2. The van der Waals surface area contributed by atoms with E-state index in [2.05, 4.69) is 11.0 Å². The SMILES string of the molecule is COC(=O)C(C#N)C1CCN(c2ccc(C(=O)OC(C)(C)C)cc2)CC1. The fourth-order valence-corrected chi connectivity index (χ4v) is 3.11. The molecule has 1 unspecified atom stereocenters. The Hall–Kier alpha value is -2.55. The van der Waals surface area contributed by atoms with Crippen LogP contribution in [0, 0.1) is 23.2 Å². The van der Waals surface area contributed by atoms with Crippen molar-refractivity contribution in [2.75, 3.05) is 25.1 Å². The van der Waals surface area contributed by atoms with Gasteiger partial charge in [0.25, 0.3) is 0 Å². The first-order valence-electron chi connectivity index (χ1n) is 8.81. The molecular weight excluding hydrogens is 332 g/mol. The van der Waals surface area contributed by atoms with Gasteiger partial charge in [0.15, 0.2) is 0 Å². The first-order chi connectivity index (χ1) is 12.2. The van der Waals surface area contributed by atoms with Gasteiger partial charge in [-0.15, -0.1) is 0 Å². The van der Waals surface area contributed by atoms with Crippen molar-refractivity contribution in [1.82, 2.24) is 0 Å². The van der Waals surface area contributed by atoms with Gasteiger partial charge in [0.05, 0.1) is 18.7 Å². The van der Waals surface area contributed by atoms with Crippen LogP contribution in [0.1, 0.15) is 44.0 Å². The van der Waals surface area contributed by atoms with Crippen molar-refractivity contribution in [3.05, 3.63) is 29.8 Å². The number of nitrogens with zero attached hydrogens (tertiary/aromatic N) is 2. The van der Waals surface area contributed by atoms with E-state index in [-0.39, 0.29) is 11.9 Å². The lowest BCUT2D eigenvalue weighted by atomic mass is 9.85. The molecule has 1 aromatic carbocycles. The number of piperidine rings is 1. The summed E-state index contributed by atoms with van der Waals surface area (Å²) in [6, 6.07) is 9.41. The number of methoxy groups -OCH3 is 1. The van der Waals surface area contributed by atoms with Crippen molar-refractivity contribution < 1.29 is 19.1 Å². The zero-order valence-electron chi connectivity index (χ0n) is 15.8. The lowest BCUT2D eigenvalue weighted by Crippen LogP contribution is -2.38. The number of hydrogen-bond acceptors (Lipinski definition) is 6. The van der Waals surface area contributed by atoms with Crippen LogP contribution in [0.5, 0.6) is 0 Å². The Morgan fingerprint density at radius 1 is 1.19 bits per heavy atom. The maximum Gasteiger partial charge on any atom is 0.338 e. The third kappa shape index (κ3) is 4.98. The Labute approximate surface area is 154 Å². The molecule has 1 aromatic rings. The van der Waals surface area contributed by atoms with E-state index < -0.39 is 17.5 Å². The van der Waals surface area contributed by atoms with Gasteiger partial charge in [0, 0.05) is 18.8 Å². The zero-order chi connectivity index (χ0) is 19.3. The summed E-state index contributed by atoms with van der Waals surface area (Å²) in [6.07, 6.45) is 1.50. The summed E-state index contributed by atoms with van der Waals surface area (Å²) in [7, 11) is 1.31. The second-order valence-electron chi connectivity index (χ2n) is 7.50. The van der Waals surface area contributed by atoms with Gasteiger partial charge in [-0.2, -0.15) is 5.26 Å². The first-order valence-corrected chi connectivity index (χ1v) is 8.81. The predicted octanol–water partition coefficient (Wildman–Crippen LogP) is 3.17. The third-order valence-electron chi connectivity index (χ3n) is 4.47. The van der Waals surface area contributed by atoms with Gasteiger partial charge >= 0.3 is 11.9 Å². The number of ether oxygens (including phenoxy) is 2. The van der Waals surface area contributed by atoms with Crippen molar-refractivity contribution in [3.8, 4) is 6.07 Å². The quantitative estimate of drug-likeness (QED) is 0.769. The minimum atomic E-state index is -0.698. The molecule has 1 aliphatic heterocycles. The van der Waals surface area contributed by atoms with Gasteiger partial charge in [-0.1, -0.05) is 0 Å². The van der Waals surface area contributed by atoms with Crippen LogP contribution in [-0.4, -0.2) is 37.7 Å². The minimum absolute atomic E-state index is 0.0183. The van der Waals surface area contributed by atoms with Crippen LogP contribution in [0.15, 0.2) is 24.3 Å². The van der Waals surface area contributed by atoms with Crippen LogP contribution in [0.4, 0.5) is 5.69 Å². The van der Waals surface area contributed by atoms with Crippen molar-refractivity contribution in [3.63, 3.8) is 0 Å². The van der Waals surface area contributed by atoms with Gasteiger partial charge in [-0.05, 0) is 63.8 Å². The monoisotopic (exact) mass is 358 g/mol. The van der Waals surface area contributed by atoms with Gasteiger partial charge in [0.1, 0.15) is 11.5 Å². The molecule has 0 saturated carbocycles. The molecule has 140 valence electrons. The van der Waals surface area contributed by atoms with Crippen LogP contribution in [0.25, 0.3) is 0 Å². The van der Waals surface area contributed by atoms with Crippen LogP contribution < -0.4 is 4.90 Å². The molecule has 1 fully saturated rings. The normalized spacial score (nSPS) is 16.5. The minimum Gasteiger partial charge on any atom is -0.468 e. The molecule has 26 heavy (non-hydrogen) atoms. The molecule has 0 bridgehead atoms. The molecule has 0 spiro atoms. The Balaban J connectivity index is 1.97. The first kappa shape index (κ1) is 19.8. The summed E-state index contributed by atoms with van der Waals surface area (Å²) in [5, 5.41) is 9.22. The molecule has 2 rings (SSSR count). The second kappa shape index (κ2) is 8.22. The highest BCUT2D eigenvalue weighted by Gasteiger charge is 2.32. The summed E-state index contributed by atoms with van der Waals surface area (Å²) in [6.45, 7) is 7.03. The lowest BCUT2D eigenvalue weighted by molar-refractivity contribution is -0.145. The number of benzene rings is 1. The Bertz CT molecular complexity index is 677. The number of esters is 2. The lowest BCUT2D eigenvalue weighted by Gasteiger charge is -2.34. The molecule has 1 atom stereocenters. The van der Waals surface area contributed by atoms with Crippen molar-refractivity contribution in [2.45, 2.75) is 39.2 Å². The number of carbonyl (C=O) groups excluding carboxylic acids is 2. The molecule has 0 amide bonds. The maximum atomic E-state index is 12.1. The number of rotatable bonds is 4. The van der Waals surface area contributed by atoms with E-state index in [4.69, 9.17) is 9.47 Å². The van der Waals surface area contributed by atoms with Gasteiger partial charge in [-0.3, -0.25) is 4.79 Å². The number of nitriles is 1. The van der Waals surface area contributed by atoms with Crippen molar-refractivity contribution in [2.24, 2.45) is 11.8 Å². The smallest absolute Gasteiger partial charge is 0.338 e. The summed E-state index contributed by atoms with van der Waals surface area (Å²) in [4.78, 5) is 26.0. The van der Waals surface area contributed by atoms with E-state index in [1.807, 2.05) is 32.9 Å². The Kier molecular flexibility index (Phi) is 6.25. The third-order valence-corrected chi connectivity index (χ3v) is 4.47. The average Bonchev–Trinajstić information content (AvgIpc) is 2.61. The number of anilines is 1. The van der Waals surface area contributed by atoms with E-state index in [1.165, 1.54) is 7.11 Å². The molecule has 1 heterocycles. The van der Waals surface area contributed by atoms with E-state index in [1.54, 1.807) is 12.1 Å². The molecule has 0 radical (unpaired) electrons. The molecule has 0 aromatic heterocycles. The van der Waals surface area contributed by atoms with Gasteiger partial charge in [0.2, 0.25) is 0 Å². The largest absolute Gasteiger partial charge is 0.468 e. The zero-order valence-corrected chi connectivity index (χ0v) is 15.8. The molecule has 6 nitrogen and oxygen atoms in total. The molecule has 1 aliphatic rings. The number of hydrogen-bond donors (Lipinski definition) is 0. The van der Waals surface area contributed by atoms with Crippen LogP contribution in [0.3, 0.4) is 0 Å². The van der Waals surface area contributed by atoms with Crippen LogP contribution >= 0.6 is 0 Å². The molecule has 6 heteroatoms. The van der Waals surface area contributed by atoms with Crippen LogP contribution in [-0.2, 0) is 14.3 Å². The fourth-order valence-electron chi connectivity index (χ4n) is 3.11. The molecule has 0 N–H and O–H groups in total. The average molecular weight is 358 g/mol. The van der Waals surface area contributed by atoms with Crippen molar-refractivity contribution >= 4 is 17.6 Å². The molecule has 0 aliphatic carbocycles.